The van der Waals surface area contributed by atoms with Gasteiger partial charge >= 0.3 is 6.03 Å². The van der Waals surface area contributed by atoms with Crippen molar-refractivity contribution in [1.29, 1.82) is 0 Å². The lowest BCUT2D eigenvalue weighted by Gasteiger charge is -2.36. The molecule has 132 valence electrons. The second kappa shape index (κ2) is 7.85. The normalized spacial score (nSPS) is 19.4. The van der Waals surface area contributed by atoms with E-state index >= 15 is 0 Å². The number of hydrogen-bond acceptors (Lipinski definition) is 4. The monoisotopic (exact) mass is 331 g/mol. The number of anilines is 1. The summed E-state index contributed by atoms with van der Waals surface area (Å²) in [7, 11) is 0. The zero-order valence-corrected chi connectivity index (χ0v) is 14.6. The number of piperidine rings is 1. The van der Waals surface area contributed by atoms with Gasteiger partial charge in [0.15, 0.2) is 0 Å². The number of hydrazine groups is 1. The van der Waals surface area contributed by atoms with Crippen molar-refractivity contribution in [3.8, 4) is 0 Å². The molecular weight excluding hydrogens is 302 g/mol. The highest BCUT2D eigenvalue weighted by atomic mass is 16.2. The van der Waals surface area contributed by atoms with Crippen molar-refractivity contribution in [3.63, 3.8) is 0 Å². The largest absolute Gasteiger partial charge is 0.371 e. The summed E-state index contributed by atoms with van der Waals surface area (Å²) < 4.78 is 0. The third-order valence-corrected chi connectivity index (χ3v) is 5.11. The van der Waals surface area contributed by atoms with E-state index in [0.717, 1.165) is 32.7 Å². The molecule has 3 rings (SSSR count). The van der Waals surface area contributed by atoms with Crippen molar-refractivity contribution >= 4 is 11.7 Å². The Morgan fingerprint density at radius 2 is 1.79 bits per heavy atom. The van der Waals surface area contributed by atoms with Crippen LogP contribution < -0.4 is 16.2 Å². The van der Waals surface area contributed by atoms with Crippen LogP contribution in [-0.4, -0.2) is 55.1 Å². The number of carbonyl (C=O) groups is 1. The molecule has 0 atom stereocenters. The summed E-state index contributed by atoms with van der Waals surface area (Å²) in [6, 6.07) is 6.64. The fraction of sp³-hybridized carbons (Fsp3) is 0.611. The fourth-order valence-corrected chi connectivity index (χ4v) is 3.68. The van der Waals surface area contributed by atoms with Gasteiger partial charge in [-0.3, -0.25) is 10.3 Å². The molecule has 2 heterocycles. The summed E-state index contributed by atoms with van der Waals surface area (Å²) in [5, 5.41) is 0. The molecule has 2 saturated heterocycles. The van der Waals surface area contributed by atoms with Crippen molar-refractivity contribution in [2.45, 2.75) is 32.7 Å². The molecule has 1 aromatic carbocycles. The smallest absolute Gasteiger partial charge is 0.331 e. The van der Waals surface area contributed by atoms with E-state index < -0.39 is 0 Å². The summed E-state index contributed by atoms with van der Waals surface area (Å²) in [5.74, 6) is 5.22. The highest BCUT2D eigenvalue weighted by molar-refractivity contribution is 5.73. The van der Waals surface area contributed by atoms with E-state index in [1.165, 1.54) is 49.2 Å². The summed E-state index contributed by atoms with van der Waals surface area (Å²) >= 11 is 0. The Morgan fingerprint density at radius 3 is 2.46 bits per heavy atom. The SMILES string of the molecule is Cc1ccc(CN2CCN(C(=O)NN)CC2)c(N2CCCCC2)c1. The second-order valence-electron chi connectivity index (χ2n) is 6.89. The predicted octanol–water partition coefficient (Wildman–Crippen LogP) is 1.69. The molecule has 6 heteroatoms. The standard InChI is InChI=1S/C18H29N5O/c1-15-5-6-16(17(13-15)22-7-3-2-4-8-22)14-21-9-11-23(12-10-21)18(24)20-19/h5-6,13H,2-4,7-12,14,19H2,1H3,(H,20,24). The fourth-order valence-electron chi connectivity index (χ4n) is 3.68. The Bertz CT molecular complexity index is 563. The number of hydrogen-bond donors (Lipinski definition) is 2. The van der Waals surface area contributed by atoms with Crippen LogP contribution in [0.25, 0.3) is 0 Å². The highest BCUT2D eigenvalue weighted by Crippen LogP contribution is 2.27. The van der Waals surface area contributed by atoms with Gasteiger partial charge in [-0.1, -0.05) is 12.1 Å². The van der Waals surface area contributed by atoms with Crippen LogP contribution in [-0.2, 0) is 6.54 Å². The first-order valence-corrected chi connectivity index (χ1v) is 9.00. The number of benzene rings is 1. The van der Waals surface area contributed by atoms with E-state index in [0.29, 0.717) is 0 Å². The number of aryl methyl sites for hydroxylation is 1. The molecule has 0 saturated carbocycles. The molecule has 0 aromatic heterocycles. The lowest BCUT2D eigenvalue weighted by Crippen LogP contribution is -2.52. The zero-order chi connectivity index (χ0) is 16.9. The molecule has 2 aliphatic rings. The molecule has 2 aliphatic heterocycles. The van der Waals surface area contributed by atoms with Crippen molar-refractivity contribution in [2.24, 2.45) is 5.84 Å². The number of rotatable bonds is 3. The van der Waals surface area contributed by atoms with Crippen molar-refractivity contribution in [1.82, 2.24) is 15.2 Å². The van der Waals surface area contributed by atoms with Crippen molar-refractivity contribution in [2.75, 3.05) is 44.2 Å². The number of nitrogens with one attached hydrogen (secondary N) is 1. The van der Waals surface area contributed by atoms with E-state index in [-0.39, 0.29) is 6.03 Å². The van der Waals surface area contributed by atoms with Crippen molar-refractivity contribution in [3.05, 3.63) is 29.3 Å². The molecular formula is C18H29N5O. The van der Waals surface area contributed by atoms with Crippen LogP contribution in [0.1, 0.15) is 30.4 Å². The van der Waals surface area contributed by atoms with E-state index in [1.807, 2.05) is 0 Å². The maximum atomic E-state index is 11.6. The predicted molar refractivity (Wildman–Crippen MR) is 96.8 cm³/mol. The number of nitrogens with zero attached hydrogens (tertiary/aromatic N) is 3. The minimum absolute atomic E-state index is 0.181. The van der Waals surface area contributed by atoms with Gasteiger partial charge < -0.3 is 9.80 Å². The number of nitrogens with two attached hydrogens (primary N) is 1. The average molecular weight is 331 g/mol. The maximum absolute atomic E-state index is 11.6. The summed E-state index contributed by atoms with van der Waals surface area (Å²) in [6.07, 6.45) is 3.93. The number of piperazine rings is 1. The number of carbonyl (C=O) groups excluding carboxylic acids is 1. The Hall–Kier alpha value is -1.79. The Balaban J connectivity index is 1.66. The van der Waals surface area contributed by atoms with Gasteiger partial charge in [0, 0.05) is 51.5 Å². The minimum atomic E-state index is -0.181. The second-order valence-corrected chi connectivity index (χ2v) is 6.89. The topological polar surface area (TPSA) is 64.8 Å². The Morgan fingerprint density at radius 1 is 1.08 bits per heavy atom. The van der Waals surface area contributed by atoms with Crippen LogP contribution in [0.2, 0.25) is 0 Å². The van der Waals surface area contributed by atoms with Crippen LogP contribution >= 0.6 is 0 Å². The molecule has 6 nitrogen and oxygen atoms in total. The molecule has 24 heavy (non-hydrogen) atoms. The van der Waals surface area contributed by atoms with Crippen LogP contribution in [0.4, 0.5) is 10.5 Å². The lowest BCUT2D eigenvalue weighted by molar-refractivity contribution is 0.135. The van der Waals surface area contributed by atoms with E-state index in [9.17, 15) is 4.79 Å². The van der Waals surface area contributed by atoms with Gasteiger partial charge in [-0.25, -0.2) is 10.6 Å². The molecule has 0 bridgehead atoms. The number of urea groups is 1. The van der Waals surface area contributed by atoms with Crippen molar-refractivity contribution < 1.29 is 4.79 Å². The van der Waals surface area contributed by atoms with E-state index in [4.69, 9.17) is 5.84 Å². The Labute approximate surface area is 144 Å². The molecule has 1 aromatic rings. The third-order valence-electron chi connectivity index (χ3n) is 5.11. The first kappa shape index (κ1) is 17.0. The molecule has 0 spiro atoms. The van der Waals surface area contributed by atoms with E-state index in [1.54, 1.807) is 4.90 Å². The molecule has 2 fully saturated rings. The van der Waals surface area contributed by atoms with E-state index in [2.05, 4.69) is 40.3 Å². The van der Waals surface area contributed by atoms with Gasteiger partial charge in [-0.05, 0) is 43.4 Å². The first-order chi connectivity index (χ1) is 11.7. The average Bonchev–Trinajstić information content (AvgIpc) is 2.64. The first-order valence-electron chi connectivity index (χ1n) is 9.00. The third kappa shape index (κ3) is 3.99. The lowest BCUT2D eigenvalue weighted by atomic mass is 10.0. The zero-order valence-electron chi connectivity index (χ0n) is 14.6. The van der Waals surface area contributed by atoms with Crippen LogP contribution in [0.5, 0.6) is 0 Å². The molecule has 0 aliphatic carbocycles. The summed E-state index contributed by atoms with van der Waals surface area (Å²) in [5.41, 5.74) is 6.34. The molecule has 2 amide bonds. The van der Waals surface area contributed by atoms with Gasteiger partial charge in [-0.2, -0.15) is 0 Å². The number of amides is 2. The quantitative estimate of drug-likeness (QED) is 0.502. The summed E-state index contributed by atoms with van der Waals surface area (Å²) in [4.78, 5) is 18.3. The van der Waals surface area contributed by atoms with Crippen LogP contribution in [0, 0.1) is 6.92 Å². The van der Waals surface area contributed by atoms with Gasteiger partial charge in [0.05, 0.1) is 0 Å². The van der Waals surface area contributed by atoms with Gasteiger partial charge in [0.2, 0.25) is 0 Å². The van der Waals surface area contributed by atoms with Gasteiger partial charge in [0.25, 0.3) is 0 Å². The van der Waals surface area contributed by atoms with Gasteiger partial charge in [-0.15, -0.1) is 0 Å². The Kier molecular flexibility index (Phi) is 5.58. The summed E-state index contributed by atoms with van der Waals surface area (Å²) in [6.45, 7) is 8.69. The highest BCUT2D eigenvalue weighted by Gasteiger charge is 2.22. The van der Waals surface area contributed by atoms with Crippen LogP contribution in [0.3, 0.4) is 0 Å². The minimum Gasteiger partial charge on any atom is -0.371 e. The molecule has 3 N–H and O–H groups in total. The molecule has 0 radical (unpaired) electrons. The molecule has 0 unspecified atom stereocenters. The van der Waals surface area contributed by atoms with Crippen LogP contribution in [0.15, 0.2) is 18.2 Å². The maximum Gasteiger partial charge on any atom is 0.331 e. The van der Waals surface area contributed by atoms with Gasteiger partial charge in [0.1, 0.15) is 0 Å².